The molecule has 0 aliphatic carbocycles. The molecule has 2 N–H and O–H groups in total. The monoisotopic (exact) mass is 190 g/mol. The van der Waals surface area contributed by atoms with E-state index < -0.39 is 0 Å². The first-order chi connectivity index (χ1) is 6.15. The Labute approximate surface area is 78.5 Å². The SMILES string of the molecule is CCOC(=O)C(C)CC(CO)CO. The van der Waals surface area contributed by atoms with Gasteiger partial charge in [-0.1, -0.05) is 6.92 Å². The highest BCUT2D eigenvalue weighted by Crippen LogP contribution is 2.12. The Bertz CT molecular complexity index is 143. The molecular formula is C9H18O4. The lowest BCUT2D eigenvalue weighted by atomic mass is 9.97. The second-order valence-corrected chi connectivity index (χ2v) is 3.12. The summed E-state index contributed by atoms with van der Waals surface area (Å²) < 4.78 is 4.79. The van der Waals surface area contributed by atoms with E-state index >= 15 is 0 Å². The molecule has 0 fully saturated rings. The molecule has 4 nitrogen and oxygen atoms in total. The number of aliphatic hydroxyl groups is 2. The van der Waals surface area contributed by atoms with Crippen LogP contribution in [0, 0.1) is 11.8 Å². The molecule has 0 heterocycles. The minimum atomic E-state index is -0.269. The van der Waals surface area contributed by atoms with Gasteiger partial charge in [0.1, 0.15) is 0 Å². The molecule has 13 heavy (non-hydrogen) atoms. The van der Waals surface area contributed by atoms with Gasteiger partial charge in [0.05, 0.1) is 12.5 Å². The molecule has 1 unspecified atom stereocenters. The summed E-state index contributed by atoms with van der Waals surface area (Å²) in [6.07, 6.45) is 0.464. The van der Waals surface area contributed by atoms with Crippen LogP contribution in [0.15, 0.2) is 0 Å². The second-order valence-electron chi connectivity index (χ2n) is 3.12. The highest BCUT2D eigenvalue weighted by molar-refractivity contribution is 5.71. The van der Waals surface area contributed by atoms with Crippen molar-refractivity contribution in [1.29, 1.82) is 0 Å². The van der Waals surface area contributed by atoms with Crippen LogP contribution >= 0.6 is 0 Å². The zero-order valence-electron chi connectivity index (χ0n) is 8.19. The van der Waals surface area contributed by atoms with Gasteiger partial charge in [-0.25, -0.2) is 0 Å². The third kappa shape index (κ3) is 4.85. The number of hydrogen-bond donors (Lipinski definition) is 2. The van der Waals surface area contributed by atoms with E-state index in [1.807, 2.05) is 0 Å². The first-order valence-electron chi connectivity index (χ1n) is 4.54. The summed E-state index contributed by atoms with van der Waals surface area (Å²) in [7, 11) is 0. The maximum atomic E-state index is 11.1. The zero-order chi connectivity index (χ0) is 10.3. The Kier molecular flexibility index (Phi) is 6.54. The topological polar surface area (TPSA) is 66.8 Å². The van der Waals surface area contributed by atoms with E-state index in [0.717, 1.165) is 0 Å². The van der Waals surface area contributed by atoms with Crippen LogP contribution in [0.5, 0.6) is 0 Å². The van der Waals surface area contributed by atoms with Gasteiger partial charge < -0.3 is 14.9 Å². The number of carbonyl (C=O) groups excluding carboxylic acids is 1. The Morgan fingerprint density at radius 1 is 1.38 bits per heavy atom. The predicted molar refractivity (Wildman–Crippen MR) is 48.1 cm³/mol. The van der Waals surface area contributed by atoms with Crippen molar-refractivity contribution in [1.82, 2.24) is 0 Å². The molecule has 0 aliphatic rings. The number of hydrogen-bond acceptors (Lipinski definition) is 4. The smallest absolute Gasteiger partial charge is 0.308 e. The van der Waals surface area contributed by atoms with E-state index in [1.165, 1.54) is 0 Å². The fourth-order valence-corrected chi connectivity index (χ4v) is 1.09. The largest absolute Gasteiger partial charge is 0.466 e. The van der Waals surface area contributed by atoms with Crippen molar-refractivity contribution in [2.45, 2.75) is 20.3 Å². The van der Waals surface area contributed by atoms with Crippen molar-refractivity contribution in [3.63, 3.8) is 0 Å². The summed E-state index contributed by atoms with van der Waals surface area (Å²) >= 11 is 0. The third-order valence-electron chi connectivity index (χ3n) is 1.89. The minimum absolute atomic E-state index is 0.0970. The van der Waals surface area contributed by atoms with Crippen LogP contribution in [0.1, 0.15) is 20.3 Å². The summed E-state index contributed by atoms with van der Waals surface area (Å²) in [6, 6.07) is 0. The van der Waals surface area contributed by atoms with Crippen LogP contribution in [-0.4, -0.2) is 36.0 Å². The highest BCUT2D eigenvalue weighted by atomic mass is 16.5. The lowest BCUT2D eigenvalue weighted by Gasteiger charge is -2.15. The molecule has 0 amide bonds. The normalized spacial score (nSPS) is 13.0. The van der Waals surface area contributed by atoms with Crippen molar-refractivity contribution < 1.29 is 19.7 Å². The van der Waals surface area contributed by atoms with Gasteiger partial charge in [-0.3, -0.25) is 4.79 Å². The minimum Gasteiger partial charge on any atom is -0.466 e. The molecule has 0 radical (unpaired) electrons. The second kappa shape index (κ2) is 6.86. The molecule has 4 heteroatoms. The Hall–Kier alpha value is -0.610. The summed E-state index contributed by atoms with van der Waals surface area (Å²) in [5.74, 6) is -0.752. The number of carbonyl (C=O) groups is 1. The Balaban J connectivity index is 3.82. The van der Waals surface area contributed by atoms with Crippen LogP contribution in [0.25, 0.3) is 0 Å². The Morgan fingerprint density at radius 3 is 2.31 bits per heavy atom. The molecule has 0 aromatic heterocycles. The lowest BCUT2D eigenvalue weighted by Crippen LogP contribution is -2.21. The summed E-state index contributed by atoms with van der Waals surface area (Å²) in [5.41, 5.74) is 0. The Morgan fingerprint density at radius 2 is 1.92 bits per heavy atom. The van der Waals surface area contributed by atoms with Crippen molar-refractivity contribution in [2.75, 3.05) is 19.8 Å². The van der Waals surface area contributed by atoms with Crippen molar-refractivity contribution in [3.05, 3.63) is 0 Å². The summed E-state index contributed by atoms with van der Waals surface area (Å²) in [5, 5.41) is 17.5. The van der Waals surface area contributed by atoms with E-state index in [9.17, 15) is 4.79 Å². The maximum Gasteiger partial charge on any atom is 0.308 e. The molecular weight excluding hydrogens is 172 g/mol. The van der Waals surface area contributed by atoms with Crippen molar-refractivity contribution >= 4 is 5.97 Å². The average Bonchev–Trinajstić information content (AvgIpc) is 2.14. The van der Waals surface area contributed by atoms with Gasteiger partial charge in [0.25, 0.3) is 0 Å². The molecule has 1 atom stereocenters. The molecule has 0 aromatic rings. The third-order valence-corrected chi connectivity index (χ3v) is 1.89. The number of esters is 1. The maximum absolute atomic E-state index is 11.1. The average molecular weight is 190 g/mol. The number of aliphatic hydroxyl groups excluding tert-OH is 2. The van der Waals surface area contributed by atoms with Crippen LogP contribution < -0.4 is 0 Å². The highest BCUT2D eigenvalue weighted by Gasteiger charge is 2.18. The number of rotatable bonds is 6. The molecule has 0 bridgehead atoms. The van der Waals surface area contributed by atoms with Gasteiger partial charge >= 0.3 is 5.97 Å². The van der Waals surface area contributed by atoms with Crippen LogP contribution in [-0.2, 0) is 9.53 Å². The zero-order valence-corrected chi connectivity index (χ0v) is 8.19. The van der Waals surface area contributed by atoms with Crippen LogP contribution in [0.4, 0.5) is 0 Å². The lowest BCUT2D eigenvalue weighted by molar-refractivity contribution is -0.148. The van der Waals surface area contributed by atoms with Gasteiger partial charge in [-0.05, 0) is 13.3 Å². The summed E-state index contributed by atoms with van der Waals surface area (Å²) in [6.45, 7) is 3.66. The van der Waals surface area contributed by atoms with Crippen molar-refractivity contribution in [3.8, 4) is 0 Å². The van der Waals surface area contributed by atoms with Gasteiger partial charge in [0.2, 0.25) is 0 Å². The predicted octanol–water partition coefficient (Wildman–Crippen LogP) is 0.176. The van der Waals surface area contributed by atoms with Gasteiger partial charge in [0.15, 0.2) is 0 Å². The van der Waals surface area contributed by atoms with Gasteiger partial charge in [0, 0.05) is 19.1 Å². The summed E-state index contributed by atoms with van der Waals surface area (Å²) in [4.78, 5) is 11.1. The molecule has 0 saturated heterocycles. The molecule has 0 saturated carbocycles. The van der Waals surface area contributed by atoms with E-state index in [4.69, 9.17) is 14.9 Å². The molecule has 0 aromatic carbocycles. The van der Waals surface area contributed by atoms with E-state index in [1.54, 1.807) is 13.8 Å². The van der Waals surface area contributed by atoms with E-state index in [0.29, 0.717) is 13.0 Å². The van der Waals surface area contributed by atoms with Crippen LogP contribution in [0.2, 0.25) is 0 Å². The van der Waals surface area contributed by atoms with Crippen molar-refractivity contribution in [2.24, 2.45) is 11.8 Å². The van der Waals surface area contributed by atoms with Crippen LogP contribution in [0.3, 0.4) is 0 Å². The first kappa shape index (κ1) is 12.4. The quantitative estimate of drug-likeness (QED) is 0.586. The molecule has 78 valence electrons. The standard InChI is InChI=1S/C9H18O4/c1-3-13-9(12)7(2)4-8(5-10)6-11/h7-8,10-11H,3-6H2,1-2H3. The molecule has 0 spiro atoms. The number of ether oxygens (including phenoxy) is 1. The van der Waals surface area contributed by atoms with Gasteiger partial charge in [-0.15, -0.1) is 0 Å². The van der Waals surface area contributed by atoms with Gasteiger partial charge in [-0.2, -0.15) is 0 Å². The van der Waals surface area contributed by atoms with E-state index in [-0.39, 0.29) is 31.0 Å². The first-order valence-corrected chi connectivity index (χ1v) is 4.54. The fraction of sp³-hybridized carbons (Fsp3) is 0.889. The van der Waals surface area contributed by atoms with E-state index in [2.05, 4.69) is 0 Å². The molecule has 0 rings (SSSR count). The molecule has 0 aliphatic heterocycles. The fourth-order valence-electron chi connectivity index (χ4n) is 1.09.